The topological polar surface area (TPSA) is 38.3 Å². The van der Waals surface area contributed by atoms with Crippen molar-refractivity contribution >= 4 is 28.5 Å². The van der Waals surface area contributed by atoms with Crippen LogP contribution in [0.25, 0.3) is 11.1 Å². The van der Waals surface area contributed by atoms with Crippen molar-refractivity contribution in [3.05, 3.63) is 57.2 Å². The predicted molar refractivity (Wildman–Crippen MR) is 98.1 cm³/mol. The maximum absolute atomic E-state index is 12.3. The summed E-state index contributed by atoms with van der Waals surface area (Å²) >= 11 is 2.24. The molecular formula is C18H20INO2. The molecule has 2 aromatic rings. The maximum Gasteiger partial charge on any atom is 0.251 e. The van der Waals surface area contributed by atoms with Crippen molar-refractivity contribution in [2.75, 3.05) is 13.7 Å². The lowest BCUT2D eigenvalue weighted by Gasteiger charge is -2.14. The molecule has 1 atom stereocenters. The van der Waals surface area contributed by atoms with Crippen molar-refractivity contribution in [2.24, 2.45) is 0 Å². The molecule has 0 aliphatic heterocycles. The van der Waals surface area contributed by atoms with E-state index in [2.05, 4.69) is 65.2 Å². The number of halogens is 1. The van der Waals surface area contributed by atoms with Gasteiger partial charge in [-0.25, -0.2) is 0 Å². The normalized spacial score (nSPS) is 12.0. The molecule has 0 saturated heterocycles. The minimum Gasteiger partial charge on any atom is -0.383 e. The Kier molecular flexibility index (Phi) is 5.97. The second-order valence-corrected chi connectivity index (χ2v) is 6.67. The van der Waals surface area contributed by atoms with Gasteiger partial charge < -0.3 is 10.1 Å². The molecule has 1 amide bonds. The first-order valence-corrected chi connectivity index (χ1v) is 8.25. The molecule has 0 unspecified atom stereocenters. The fourth-order valence-electron chi connectivity index (χ4n) is 2.23. The first kappa shape index (κ1) is 17.0. The Morgan fingerprint density at radius 3 is 2.50 bits per heavy atom. The molecule has 0 heterocycles. The fourth-order valence-corrected chi connectivity index (χ4v) is 2.90. The van der Waals surface area contributed by atoms with Gasteiger partial charge in [0.2, 0.25) is 0 Å². The number of hydrogen-bond acceptors (Lipinski definition) is 2. The number of benzene rings is 2. The molecule has 0 fully saturated rings. The SMILES string of the molecule is COC[C@H](C)NC(=O)c1cc(I)cc(-c2ccc(C)cc2)c1. The highest BCUT2D eigenvalue weighted by atomic mass is 127. The van der Waals surface area contributed by atoms with E-state index in [1.807, 2.05) is 19.1 Å². The number of rotatable bonds is 5. The van der Waals surface area contributed by atoms with E-state index in [4.69, 9.17) is 4.74 Å². The third-order valence-electron chi connectivity index (χ3n) is 3.34. The third kappa shape index (κ3) is 4.55. The summed E-state index contributed by atoms with van der Waals surface area (Å²) in [6.45, 7) is 4.49. The number of amides is 1. The molecule has 0 bridgehead atoms. The van der Waals surface area contributed by atoms with Crippen LogP contribution < -0.4 is 5.32 Å². The lowest BCUT2D eigenvalue weighted by Crippen LogP contribution is -2.35. The van der Waals surface area contributed by atoms with E-state index in [0.717, 1.165) is 14.7 Å². The third-order valence-corrected chi connectivity index (χ3v) is 3.96. The number of nitrogens with one attached hydrogen (secondary N) is 1. The van der Waals surface area contributed by atoms with Crippen molar-refractivity contribution in [3.8, 4) is 11.1 Å². The average molecular weight is 409 g/mol. The summed E-state index contributed by atoms with van der Waals surface area (Å²) in [6.07, 6.45) is 0. The maximum atomic E-state index is 12.3. The number of carbonyl (C=O) groups is 1. The first-order valence-electron chi connectivity index (χ1n) is 7.17. The Morgan fingerprint density at radius 1 is 1.18 bits per heavy atom. The van der Waals surface area contributed by atoms with Crippen LogP contribution >= 0.6 is 22.6 Å². The quantitative estimate of drug-likeness (QED) is 0.758. The van der Waals surface area contributed by atoms with Gasteiger partial charge in [-0.05, 0) is 65.8 Å². The predicted octanol–water partition coefficient (Wildman–Crippen LogP) is 4.03. The molecule has 0 aliphatic carbocycles. The van der Waals surface area contributed by atoms with Crippen LogP contribution in [-0.2, 0) is 4.74 Å². The number of hydrogen-bond donors (Lipinski definition) is 1. The van der Waals surface area contributed by atoms with Gasteiger partial charge in [-0.2, -0.15) is 0 Å². The minimum atomic E-state index is -0.0728. The molecule has 116 valence electrons. The Labute approximate surface area is 145 Å². The number of methoxy groups -OCH3 is 1. The summed E-state index contributed by atoms with van der Waals surface area (Å²) in [7, 11) is 1.63. The molecule has 4 heteroatoms. The average Bonchev–Trinajstić information content (AvgIpc) is 2.47. The Bertz CT molecular complexity index is 653. The van der Waals surface area contributed by atoms with Crippen LogP contribution in [0.1, 0.15) is 22.8 Å². The summed E-state index contributed by atoms with van der Waals surface area (Å²) in [5.74, 6) is -0.0728. The van der Waals surface area contributed by atoms with E-state index >= 15 is 0 Å². The van der Waals surface area contributed by atoms with E-state index < -0.39 is 0 Å². The van der Waals surface area contributed by atoms with E-state index in [9.17, 15) is 4.79 Å². The molecule has 22 heavy (non-hydrogen) atoms. The molecule has 2 aromatic carbocycles. The van der Waals surface area contributed by atoms with E-state index in [1.165, 1.54) is 5.56 Å². The molecule has 0 aliphatic rings. The summed E-state index contributed by atoms with van der Waals surface area (Å²) < 4.78 is 6.09. The second kappa shape index (κ2) is 7.74. The minimum absolute atomic E-state index is 0.0156. The Morgan fingerprint density at radius 2 is 1.86 bits per heavy atom. The van der Waals surface area contributed by atoms with Crippen molar-refractivity contribution < 1.29 is 9.53 Å². The zero-order valence-corrected chi connectivity index (χ0v) is 15.2. The van der Waals surface area contributed by atoms with Crippen LogP contribution in [0.2, 0.25) is 0 Å². The number of aryl methyl sites for hydroxylation is 1. The number of ether oxygens (including phenoxy) is 1. The van der Waals surface area contributed by atoms with Gasteiger partial charge in [0.15, 0.2) is 0 Å². The van der Waals surface area contributed by atoms with Gasteiger partial charge in [-0.15, -0.1) is 0 Å². The van der Waals surface area contributed by atoms with Crippen LogP contribution in [-0.4, -0.2) is 25.7 Å². The molecule has 1 N–H and O–H groups in total. The van der Waals surface area contributed by atoms with Crippen LogP contribution in [0.5, 0.6) is 0 Å². The molecule has 0 saturated carbocycles. The molecule has 0 aromatic heterocycles. The smallest absolute Gasteiger partial charge is 0.251 e. The summed E-state index contributed by atoms with van der Waals surface area (Å²) in [5.41, 5.74) is 4.06. The van der Waals surface area contributed by atoms with E-state index in [0.29, 0.717) is 12.2 Å². The van der Waals surface area contributed by atoms with Gasteiger partial charge in [-0.1, -0.05) is 29.8 Å². The summed E-state index contributed by atoms with van der Waals surface area (Å²) in [5, 5.41) is 2.94. The van der Waals surface area contributed by atoms with Gasteiger partial charge in [0.25, 0.3) is 5.91 Å². The Balaban J connectivity index is 2.26. The first-order chi connectivity index (χ1) is 10.5. The van der Waals surface area contributed by atoms with Gasteiger partial charge in [0.05, 0.1) is 6.61 Å². The second-order valence-electron chi connectivity index (χ2n) is 5.42. The highest BCUT2D eigenvalue weighted by Crippen LogP contribution is 2.24. The summed E-state index contributed by atoms with van der Waals surface area (Å²) in [4.78, 5) is 12.3. The zero-order chi connectivity index (χ0) is 16.1. The van der Waals surface area contributed by atoms with E-state index in [-0.39, 0.29) is 11.9 Å². The molecule has 0 radical (unpaired) electrons. The van der Waals surface area contributed by atoms with Crippen molar-refractivity contribution in [1.82, 2.24) is 5.32 Å². The van der Waals surface area contributed by atoms with Crippen LogP contribution in [0.4, 0.5) is 0 Å². The Hall–Kier alpha value is -1.40. The highest BCUT2D eigenvalue weighted by Gasteiger charge is 2.12. The molecule has 3 nitrogen and oxygen atoms in total. The lowest BCUT2D eigenvalue weighted by atomic mass is 10.0. The standard InChI is InChI=1S/C18H20INO2/c1-12-4-6-14(7-5-12)15-8-16(10-17(19)9-15)18(21)20-13(2)11-22-3/h4-10,13H,11H2,1-3H3,(H,20,21)/t13-/m0/s1. The summed E-state index contributed by atoms with van der Waals surface area (Å²) in [6, 6.07) is 14.2. The molecule has 0 spiro atoms. The van der Waals surface area contributed by atoms with Gasteiger partial charge >= 0.3 is 0 Å². The van der Waals surface area contributed by atoms with Gasteiger partial charge in [0.1, 0.15) is 0 Å². The fraction of sp³-hybridized carbons (Fsp3) is 0.278. The van der Waals surface area contributed by atoms with Crippen molar-refractivity contribution in [2.45, 2.75) is 19.9 Å². The monoisotopic (exact) mass is 409 g/mol. The van der Waals surface area contributed by atoms with Crippen molar-refractivity contribution in [3.63, 3.8) is 0 Å². The van der Waals surface area contributed by atoms with Gasteiger partial charge in [0, 0.05) is 22.3 Å². The van der Waals surface area contributed by atoms with E-state index in [1.54, 1.807) is 7.11 Å². The molecular weight excluding hydrogens is 389 g/mol. The van der Waals surface area contributed by atoms with Gasteiger partial charge in [-0.3, -0.25) is 4.79 Å². The molecule has 2 rings (SSSR count). The lowest BCUT2D eigenvalue weighted by molar-refractivity contribution is 0.0905. The van der Waals surface area contributed by atoms with Crippen LogP contribution in [0.3, 0.4) is 0 Å². The zero-order valence-electron chi connectivity index (χ0n) is 13.0. The number of carbonyl (C=O) groups excluding carboxylic acids is 1. The van der Waals surface area contributed by atoms with Crippen LogP contribution in [0, 0.1) is 10.5 Å². The van der Waals surface area contributed by atoms with Crippen LogP contribution in [0.15, 0.2) is 42.5 Å². The highest BCUT2D eigenvalue weighted by molar-refractivity contribution is 14.1. The van der Waals surface area contributed by atoms with Crippen molar-refractivity contribution in [1.29, 1.82) is 0 Å². The largest absolute Gasteiger partial charge is 0.383 e.